The van der Waals surface area contributed by atoms with E-state index < -0.39 is 6.10 Å². The zero-order valence-corrected chi connectivity index (χ0v) is 19.9. The number of β-amino-alcohol motifs (C(OH)–C–C–N with tert-alkyl or cyclic N) is 1. The minimum absolute atomic E-state index is 0.0898. The molecule has 2 atom stereocenters. The summed E-state index contributed by atoms with van der Waals surface area (Å²) in [7, 11) is 0. The first kappa shape index (κ1) is 23.9. The number of aliphatic hydroxyl groups excluding tert-OH is 1. The summed E-state index contributed by atoms with van der Waals surface area (Å²) in [5.74, 6) is 1.25. The molecule has 0 spiro atoms. The topological polar surface area (TPSA) is 74.9 Å². The van der Waals surface area contributed by atoms with Crippen LogP contribution in [0.4, 0.5) is 0 Å². The summed E-state index contributed by atoms with van der Waals surface area (Å²) in [6.07, 6.45) is -0.618. The van der Waals surface area contributed by atoms with Gasteiger partial charge in [0.25, 0.3) is 0 Å². The van der Waals surface area contributed by atoms with E-state index >= 15 is 0 Å². The minimum atomic E-state index is -0.528. The van der Waals surface area contributed by atoms with Crippen LogP contribution < -0.4 is 0 Å². The van der Waals surface area contributed by atoms with Crippen molar-refractivity contribution in [2.24, 2.45) is 0 Å². The first-order chi connectivity index (χ1) is 16.0. The van der Waals surface area contributed by atoms with E-state index in [2.05, 4.69) is 26.9 Å². The fourth-order valence-electron chi connectivity index (χ4n) is 3.90. The molecule has 1 fully saturated rings. The highest BCUT2D eigenvalue weighted by Gasteiger charge is 2.21. The Morgan fingerprint density at radius 1 is 1.03 bits per heavy atom. The third kappa shape index (κ3) is 6.85. The summed E-state index contributed by atoms with van der Waals surface area (Å²) in [6, 6.07) is 15.7. The van der Waals surface area contributed by atoms with Crippen LogP contribution in [0.15, 0.2) is 53.1 Å². The minimum Gasteiger partial charge on any atom is -0.389 e. The number of ether oxygens (including phenoxy) is 1. The largest absolute Gasteiger partial charge is 0.389 e. The Bertz CT molecular complexity index is 1000. The number of halogens is 1. The maximum absolute atomic E-state index is 10.4. The molecule has 176 valence electrons. The number of aromatic nitrogens is 2. The van der Waals surface area contributed by atoms with Crippen molar-refractivity contribution in [1.29, 1.82) is 0 Å². The Kier molecular flexibility index (Phi) is 8.11. The Hall–Kier alpha value is -2.29. The second-order valence-electron chi connectivity index (χ2n) is 8.64. The smallest absolute Gasteiger partial charge is 0.241 e. The van der Waals surface area contributed by atoms with Crippen molar-refractivity contribution in [3.63, 3.8) is 0 Å². The van der Waals surface area contributed by atoms with E-state index in [0.717, 1.165) is 37.3 Å². The molecule has 2 aromatic carbocycles. The molecule has 1 aliphatic heterocycles. The first-order valence-corrected chi connectivity index (χ1v) is 11.7. The molecular weight excluding hydrogens is 440 g/mol. The predicted octanol–water partition coefficient (Wildman–Crippen LogP) is 3.95. The molecule has 0 saturated carbocycles. The number of benzene rings is 2. The number of rotatable bonds is 9. The molecule has 1 aliphatic rings. The van der Waals surface area contributed by atoms with Crippen LogP contribution in [-0.2, 0) is 11.3 Å². The molecule has 0 radical (unpaired) electrons. The fraction of sp³-hybridized carbons (Fsp3) is 0.440. The fourth-order valence-corrected chi connectivity index (χ4v) is 4.02. The van der Waals surface area contributed by atoms with Crippen LogP contribution in [0.1, 0.15) is 30.0 Å². The predicted molar refractivity (Wildman–Crippen MR) is 128 cm³/mol. The van der Waals surface area contributed by atoms with Crippen molar-refractivity contribution < 1.29 is 14.4 Å². The van der Waals surface area contributed by atoms with E-state index in [1.54, 1.807) is 0 Å². The molecule has 7 nitrogen and oxygen atoms in total. The zero-order chi connectivity index (χ0) is 23.2. The standard InChI is InChI=1S/C25H31ClN4O3/c1-18-3-5-21(6-4-18)25-27-24(33-28-25)16-30-13-11-29(12-14-30)15-23(31)17-32-19(2)20-7-9-22(26)10-8-20/h3-10,19,23,31H,11-17H2,1-2H3/t19-,23-/m0/s1. The van der Waals surface area contributed by atoms with E-state index in [0.29, 0.717) is 36.4 Å². The molecule has 33 heavy (non-hydrogen) atoms. The molecule has 0 aliphatic carbocycles. The summed E-state index contributed by atoms with van der Waals surface area (Å²) in [5, 5.41) is 15.3. The maximum atomic E-state index is 10.4. The Morgan fingerprint density at radius 2 is 1.70 bits per heavy atom. The third-order valence-electron chi connectivity index (χ3n) is 5.95. The van der Waals surface area contributed by atoms with Gasteiger partial charge in [-0.1, -0.05) is 58.7 Å². The van der Waals surface area contributed by atoms with Crippen LogP contribution in [0.25, 0.3) is 11.4 Å². The molecule has 2 heterocycles. The van der Waals surface area contributed by atoms with Gasteiger partial charge in [0, 0.05) is 43.3 Å². The van der Waals surface area contributed by atoms with Crippen molar-refractivity contribution >= 4 is 11.6 Å². The lowest BCUT2D eigenvalue weighted by atomic mass is 10.1. The lowest BCUT2D eigenvalue weighted by Crippen LogP contribution is -2.48. The van der Waals surface area contributed by atoms with E-state index in [-0.39, 0.29) is 6.10 Å². The number of aryl methyl sites for hydroxylation is 1. The van der Waals surface area contributed by atoms with Gasteiger partial charge in [-0.15, -0.1) is 0 Å². The Labute approximate surface area is 199 Å². The van der Waals surface area contributed by atoms with Gasteiger partial charge in [0.05, 0.1) is 25.4 Å². The van der Waals surface area contributed by atoms with Gasteiger partial charge in [-0.25, -0.2) is 0 Å². The van der Waals surface area contributed by atoms with Crippen molar-refractivity contribution in [3.05, 3.63) is 70.6 Å². The normalized spacial score (nSPS) is 17.2. The van der Waals surface area contributed by atoms with E-state index in [1.165, 1.54) is 5.56 Å². The second kappa shape index (κ2) is 11.2. The molecule has 3 aromatic rings. The number of aliphatic hydroxyl groups is 1. The lowest BCUT2D eigenvalue weighted by molar-refractivity contribution is -0.0216. The molecular formula is C25H31ClN4O3. The lowest BCUT2D eigenvalue weighted by Gasteiger charge is -2.35. The van der Waals surface area contributed by atoms with E-state index in [1.807, 2.05) is 55.5 Å². The Morgan fingerprint density at radius 3 is 2.39 bits per heavy atom. The SMILES string of the molecule is Cc1ccc(-c2noc(CN3CCN(C[C@H](O)CO[C@@H](C)c4ccc(Cl)cc4)CC3)n2)cc1. The summed E-state index contributed by atoms with van der Waals surface area (Å²) in [5.41, 5.74) is 3.21. The average Bonchev–Trinajstić information content (AvgIpc) is 3.28. The third-order valence-corrected chi connectivity index (χ3v) is 6.20. The molecule has 1 N–H and O–H groups in total. The van der Waals surface area contributed by atoms with Crippen LogP contribution in [-0.4, -0.2) is 70.5 Å². The van der Waals surface area contributed by atoms with Gasteiger partial charge in [-0.05, 0) is 31.5 Å². The molecule has 0 unspecified atom stereocenters. The van der Waals surface area contributed by atoms with Gasteiger partial charge in [0.2, 0.25) is 11.7 Å². The second-order valence-corrected chi connectivity index (χ2v) is 9.07. The highest BCUT2D eigenvalue weighted by atomic mass is 35.5. The molecule has 4 rings (SSSR count). The molecule has 1 aromatic heterocycles. The molecule has 8 heteroatoms. The van der Waals surface area contributed by atoms with Crippen LogP contribution in [0.3, 0.4) is 0 Å². The zero-order valence-electron chi connectivity index (χ0n) is 19.2. The van der Waals surface area contributed by atoms with Gasteiger partial charge < -0.3 is 14.4 Å². The summed E-state index contributed by atoms with van der Waals surface area (Å²) in [4.78, 5) is 9.11. The molecule has 0 bridgehead atoms. The van der Waals surface area contributed by atoms with Crippen LogP contribution in [0.2, 0.25) is 5.02 Å². The summed E-state index contributed by atoms with van der Waals surface area (Å²) in [6.45, 7) is 9.10. The number of piperazine rings is 1. The number of hydrogen-bond acceptors (Lipinski definition) is 7. The van der Waals surface area contributed by atoms with Gasteiger partial charge >= 0.3 is 0 Å². The van der Waals surface area contributed by atoms with E-state index in [9.17, 15) is 5.11 Å². The molecule has 1 saturated heterocycles. The number of hydrogen-bond donors (Lipinski definition) is 1. The van der Waals surface area contributed by atoms with Gasteiger partial charge in [-0.2, -0.15) is 4.98 Å². The van der Waals surface area contributed by atoms with Crippen molar-refractivity contribution in [2.75, 3.05) is 39.3 Å². The van der Waals surface area contributed by atoms with Crippen LogP contribution in [0, 0.1) is 6.92 Å². The van der Waals surface area contributed by atoms with E-state index in [4.69, 9.17) is 20.9 Å². The van der Waals surface area contributed by atoms with Crippen molar-refractivity contribution in [2.45, 2.75) is 32.6 Å². The monoisotopic (exact) mass is 470 g/mol. The highest BCUT2D eigenvalue weighted by Crippen LogP contribution is 2.20. The average molecular weight is 471 g/mol. The molecule has 0 amide bonds. The summed E-state index contributed by atoms with van der Waals surface area (Å²) < 4.78 is 11.3. The van der Waals surface area contributed by atoms with Crippen LogP contribution in [0.5, 0.6) is 0 Å². The quantitative estimate of drug-likeness (QED) is 0.507. The summed E-state index contributed by atoms with van der Waals surface area (Å²) >= 11 is 5.94. The highest BCUT2D eigenvalue weighted by molar-refractivity contribution is 6.30. The Balaban J connectivity index is 1.17. The maximum Gasteiger partial charge on any atom is 0.241 e. The van der Waals surface area contributed by atoms with Gasteiger partial charge in [-0.3, -0.25) is 9.80 Å². The van der Waals surface area contributed by atoms with Crippen molar-refractivity contribution in [3.8, 4) is 11.4 Å². The number of nitrogens with zero attached hydrogens (tertiary/aromatic N) is 4. The van der Waals surface area contributed by atoms with Crippen LogP contribution >= 0.6 is 11.6 Å². The first-order valence-electron chi connectivity index (χ1n) is 11.4. The van der Waals surface area contributed by atoms with Gasteiger partial charge in [0.1, 0.15) is 0 Å². The van der Waals surface area contributed by atoms with Crippen molar-refractivity contribution in [1.82, 2.24) is 19.9 Å². The van der Waals surface area contributed by atoms with Gasteiger partial charge in [0.15, 0.2) is 0 Å².